The highest BCUT2D eigenvalue weighted by Gasteiger charge is 2.18. The van der Waals surface area contributed by atoms with Gasteiger partial charge in [-0.15, -0.1) is 0 Å². The first-order chi connectivity index (χ1) is 7.86. The lowest BCUT2D eigenvalue weighted by Crippen LogP contribution is -2.36. The lowest BCUT2D eigenvalue weighted by molar-refractivity contribution is 0.710. The molecule has 0 atom stereocenters. The molecule has 2 heterocycles. The third-order valence-corrected chi connectivity index (χ3v) is 3.11. The van der Waals surface area contributed by atoms with E-state index in [1.807, 2.05) is 17.1 Å². The highest BCUT2D eigenvalue weighted by molar-refractivity contribution is 5.68. The highest BCUT2D eigenvalue weighted by Crippen LogP contribution is 2.31. The fourth-order valence-electron chi connectivity index (χ4n) is 2.37. The summed E-state index contributed by atoms with van der Waals surface area (Å²) < 4.78 is 2.12. The summed E-state index contributed by atoms with van der Waals surface area (Å²) >= 11 is 0. The summed E-state index contributed by atoms with van der Waals surface area (Å²) in [4.78, 5) is 0. The standard InChI is InChI=1S/C13H15N3/c14-16-10-4-6-11-5-3-7-12(13(11)16)15-8-1-2-9-15/h1-3,5,7-9H,4,6,10,14H2. The number of hydrogen-bond donors (Lipinski definition) is 1. The average Bonchev–Trinajstić information content (AvgIpc) is 2.82. The summed E-state index contributed by atoms with van der Waals surface area (Å²) in [5.41, 5.74) is 3.69. The number of anilines is 1. The predicted molar refractivity (Wildman–Crippen MR) is 65.6 cm³/mol. The van der Waals surface area contributed by atoms with Crippen LogP contribution in [0.15, 0.2) is 42.7 Å². The molecule has 1 aliphatic rings. The molecule has 0 radical (unpaired) electrons. The van der Waals surface area contributed by atoms with Crippen LogP contribution in [0.1, 0.15) is 12.0 Å². The monoisotopic (exact) mass is 213 g/mol. The van der Waals surface area contributed by atoms with Gasteiger partial charge in [-0.2, -0.15) is 0 Å². The number of nitrogens with zero attached hydrogens (tertiary/aromatic N) is 2. The molecule has 0 unspecified atom stereocenters. The molecule has 82 valence electrons. The van der Waals surface area contributed by atoms with E-state index in [1.54, 1.807) is 0 Å². The van der Waals surface area contributed by atoms with E-state index in [0.29, 0.717) is 0 Å². The molecule has 3 nitrogen and oxygen atoms in total. The maximum atomic E-state index is 6.07. The van der Waals surface area contributed by atoms with Crippen molar-refractivity contribution in [1.29, 1.82) is 0 Å². The Balaban J connectivity index is 2.19. The van der Waals surface area contributed by atoms with Crippen LogP contribution < -0.4 is 10.9 Å². The SMILES string of the molecule is NN1CCCc2cccc(-n3cccc3)c21. The quantitative estimate of drug-likeness (QED) is 0.736. The molecule has 2 N–H and O–H groups in total. The zero-order chi connectivity index (χ0) is 11.0. The second-order valence-corrected chi connectivity index (χ2v) is 4.17. The molecule has 0 saturated carbocycles. The lowest BCUT2D eigenvalue weighted by Gasteiger charge is -2.29. The Morgan fingerprint density at radius 2 is 1.88 bits per heavy atom. The Morgan fingerprint density at radius 3 is 2.69 bits per heavy atom. The smallest absolute Gasteiger partial charge is 0.0789 e. The van der Waals surface area contributed by atoms with Crippen molar-refractivity contribution in [3.05, 3.63) is 48.3 Å². The number of fused-ring (bicyclic) bond motifs is 1. The van der Waals surface area contributed by atoms with Crippen LogP contribution in [0, 0.1) is 0 Å². The molecule has 1 aromatic carbocycles. The van der Waals surface area contributed by atoms with Gasteiger partial charge in [-0.3, -0.25) is 0 Å². The van der Waals surface area contributed by atoms with Crippen LogP contribution in [0.25, 0.3) is 5.69 Å². The van der Waals surface area contributed by atoms with Gasteiger partial charge in [-0.25, -0.2) is 5.84 Å². The number of hydrazine groups is 1. The van der Waals surface area contributed by atoms with Crippen LogP contribution in [-0.4, -0.2) is 11.1 Å². The lowest BCUT2D eigenvalue weighted by atomic mass is 10.0. The van der Waals surface area contributed by atoms with Crippen molar-refractivity contribution in [3.63, 3.8) is 0 Å². The van der Waals surface area contributed by atoms with Gasteiger partial charge in [0.15, 0.2) is 0 Å². The highest BCUT2D eigenvalue weighted by atomic mass is 15.4. The fourth-order valence-corrected chi connectivity index (χ4v) is 2.37. The number of para-hydroxylation sites is 1. The maximum absolute atomic E-state index is 6.07. The van der Waals surface area contributed by atoms with Crippen LogP contribution >= 0.6 is 0 Å². The van der Waals surface area contributed by atoms with Gasteiger partial charge in [-0.05, 0) is 36.6 Å². The van der Waals surface area contributed by atoms with E-state index in [2.05, 4.69) is 35.2 Å². The van der Waals surface area contributed by atoms with Crippen molar-refractivity contribution < 1.29 is 0 Å². The van der Waals surface area contributed by atoms with E-state index in [-0.39, 0.29) is 0 Å². The Kier molecular flexibility index (Phi) is 2.18. The predicted octanol–water partition coefficient (Wildman–Crippen LogP) is 2.10. The fraction of sp³-hybridized carbons (Fsp3) is 0.231. The molecule has 0 fully saturated rings. The Hall–Kier alpha value is -1.74. The number of rotatable bonds is 1. The van der Waals surface area contributed by atoms with E-state index in [4.69, 9.17) is 5.84 Å². The number of hydrogen-bond acceptors (Lipinski definition) is 2. The minimum Gasteiger partial charge on any atom is -0.322 e. The van der Waals surface area contributed by atoms with Gasteiger partial charge in [0, 0.05) is 18.9 Å². The zero-order valence-corrected chi connectivity index (χ0v) is 9.13. The summed E-state index contributed by atoms with van der Waals surface area (Å²) in [6, 6.07) is 10.4. The molecule has 1 aliphatic heterocycles. The van der Waals surface area contributed by atoms with Crippen molar-refractivity contribution in [3.8, 4) is 5.69 Å². The average molecular weight is 213 g/mol. The topological polar surface area (TPSA) is 34.2 Å². The molecule has 16 heavy (non-hydrogen) atoms. The van der Waals surface area contributed by atoms with E-state index in [0.717, 1.165) is 19.4 Å². The summed E-state index contributed by atoms with van der Waals surface area (Å²) in [5, 5.41) is 1.87. The molecule has 1 aromatic heterocycles. The van der Waals surface area contributed by atoms with Crippen LogP contribution in [0.5, 0.6) is 0 Å². The molecule has 0 spiro atoms. The van der Waals surface area contributed by atoms with Crippen LogP contribution in [0.3, 0.4) is 0 Å². The van der Waals surface area contributed by atoms with E-state index in [1.165, 1.54) is 16.9 Å². The van der Waals surface area contributed by atoms with Crippen LogP contribution in [-0.2, 0) is 6.42 Å². The normalized spacial score (nSPS) is 14.9. The third-order valence-electron chi connectivity index (χ3n) is 3.11. The Labute approximate surface area is 95.1 Å². The first kappa shape index (κ1) is 9.48. The van der Waals surface area contributed by atoms with Crippen LogP contribution in [0.4, 0.5) is 5.69 Å². The summed E-state index contributed by atoms with van der Waals surface area (Å²) in [5.74, 6) is 6.07. The van der Waals surface area contributed by atoms with Crippen molar-refractivity contribution in [2.45, 2.75) is 12.8 Å². The molecular formula is C13H15N3. The molecule has 3 rings (SSSR count). The Morgan fingerprint density at radius 1 is 1.06 bits per heavy atom. The third kappa shape index (κ3) is 1.41. The maximum Gasteiger partial charge on any atom is 0.0789 e. The molecular weight excluding hydrogens is 198 g/mol. The number of aryl methyl sites for hydroxylation is 1. The molecule has 0 amide bonds. The first-order valence-electron chi connectivity index (χ1n) is 5.64. The molecule has 0 aliphatic carbocycles. The number of aromatic nitrogens is 1. The summed E-state index contributed by atoms with van der Waals surface area (Å²) in [7, 11) is 0. The molecule has 2 aromatic rings. The van der Waals surface area contributed by atoms with Gasteiger partial charge in [0.2, 0.25) is 0 Å². The minimum atomic E-state index is 0.936. The molecule has 3 heteroatoms. The summed E-state index contributed by atoms with van der Waals surface area (Å²) in [6.07, 6.45) is 6.37. The largest absolute Gasteiger partial charge is 0.322 e. The summed E-state index contributed by atoms with van der Waals surface area (Å²) in [6.45, 7) is 0.936. The van der Waals surface area contributed by atoms with Crippen molar-refractivity contribution in [1.82, 2.24) is 4.57 Å². The second kappa shape index (κ2) is 3.68. The van der Waals surface area contributed by atoms with Gasteiger partial charge < -0.3 is 9.58 Å². The molecule has 0 saturated heterocycles. The van der Waals surface area contributed by atoms with E-state index in [9.17, 15) is 0 Å². The van der Waals surface area contributed by atoms with Crippen molar-refractivity contribution in [2.24, 2.45) is 5.84 Å². The second-order valence-electron chi connectivity index (χ2n) is 4.17. The van der Waals surface area contributed by atoms with Gasteiger partial charge in [0.25, 0.3) is 0 Å². The zero-order valence-electron chi connectivity index (χ0n) is 9.13. The van der Waals surface area contributed by atoms with Gasteiger partial charge >= 0.3 is 0 Å². The van der Waals surface area contributed by atoms with E-state index >= 15 is 0 Å². The Bertz CT molecular complexity index is 488. The number of benzene rings is 1. The van der Waals surface area contributed by atoms with Crippen LogP contribution in [0.2, 0.25) is 0 Å². The molecule has 0 bridgehead atoms. The van der Waals surface area contributed by atoms with Gasteiger partial charge in [-0.1, -0.05) is 12.1 Å². The van der Waals surface area contributed by atoms with Gasteiger partial charge in [0.05, 0.1) is 11.4 Å². The van der Waals surface area contributed by atoms with Crippen molar-refractivity contribution >= 4 is 5.69 Å². The van der Waals surface area contributed by atoms with Crippen molar-refractivity contribution in [2.75, 3.05) is 11.6 Å². The first-order valence-corrected chi connectivity index (χ1v) is 5.64. The van der Waals surface area contributed by atoms with Gasteiger partial charge in [0.1, 0.15) is 0 Å². The number of nitrogens with two attached hydrogens (primary N) is 1. The van der Waals surface area contributed by atoms with E-state index < -0.39 is 0 Å². The minimum absolute atomic E-state index is 0.936.